The number of rotatable bonds is 14. The topological polar surface area (TPSA) is 37.8 Å². The third kappa shape index (κ3) is 9.20. The van der Waals surface area contributed by atoms with Gasteiger partial charge in [0.1, 0.15) is 0 Å². The van der Waals surface area contributed by atoms with Gasteiger partial charge in [-0.25, -0.2) is 0 Å². The predicted octanol–water partition coefficient (Wildman–Crippen LogP) is 5.50. The van der Waals surface area contributed by atoms with E-state index in [-0.39, 0.29) is 0 Å². The van der Waals surface area contributed by atoms with Crippen molar-refractivity contribution in [2.75, 3.05) is 6.54 Å². The molecule has 1 heterocycles. The van der Waals surface area contributed by atoms with Crippen LogP contribution in [-0.4, -0.2) is 16.1 Å². The Kier molecular flexibility index (Phi) is 11.7. The first-order valence-electron chi connectivity index (χ1n) is 8.89. The van der Waals surface area contributed by atoms with E-state index < -0.39 is 0 Å². The summed E-state index contributed by atoms with van der Waals surface area (Å²) in [5, 5.41) is 7.50. The fourth-order valence-corrected chi connectivity index (χ4v) is 3.37. The molecule has 1 atom stereocenters. The smallest absolute Gasteiger partial charge is 0.0669 e. The molecule has 1 N–H and O–H groups in total. The third-order valence-electron chi connectivity index (χ3n) is 4.02. The summed E-state index contributed by atoms with van der Waals surface area (Å²) in [6.07, 6.45) is 17.1. The van der Waals surface area contributed by atoms with Crippen LogP contribution in [0.1, 0.15) is 95.4 Å². The van der Waals surface area contributed by atoms with Gasteiger partial charge in [-0.15, -0.1) is 5.10 Å². The van der Waals surface area contributed by atoms with E-state index in [1.54, 1.807) is 0 Å². The lowest BCUT2D eigenvalue weighted by atomic mass is 10.0. The van der Waals surface area contributed by atoms with Crippen LogP contribution < -0.4 is 5.32 Å². The average Bonchev–Trinajstić information content (AvgIpc) is 3.02. The first-order chi connectivity index (χ1) is 10.4. The molecule has 0 aliphatic carbocycles. The fourth-order valence-electron chi connectivity index (χ4n) is 2.76. The number of aromatic nitrogens is 2. The zero-order valence-corrected chi connectivity index (χ0v) is 14.8. The minimum absolute atomic E-state index is 0.462. The maximum atomic E-state index is 3.98. The summed E-state index contributed by atoms with van der Waals surface area (Å²) in [7, 11) is 0. The van der Waals surface area contributed by atoms with Crippen LogP contribution in [0.2, 0.25) is 0 Å². The molecule has 21 heavy (non-hydrogen) atoms. The molecule has 0 bridgehead atoms. The summed E-state index contributed by atoms with van der Waals surface area (Å²) < 4.78 is 3.98. The summed E-state index contributed by atoms with van der Waals surface area (Å²) in [6, 6.07) is 0.462. The van der Waals surface area contributed by atoms with Crippen LogP contribution in [0.5, 0.6) is 0 Å². The van der Waals surface area contributed by atoms with Gasteiger partial charge in [0.15, 0.2) is 0 Å². The van der Waals surface area contributed by atoms with Gasteiger partial charge in [0.05, 0.1) is 11.1 Å². The summed E-state index contributed by atoms with van der Waals surface area (Å²) in [5.41, 5.74) is 0. The van der Waals surface area contributed by atoms with E-state index in [1.807, 2.05) is 6.20 Å². The molecule has 0 aliphatic heterocycles. The molecule has 0 spiro atoms. The van der Waals surface area contributed by atoms with Crippen LogP contribution >= 0.6 is 11.5 Å². The van der Waals surface area contributed by atoms with Gasteiger partial charge in [-0.1, -0.05) is 82.5 Å². The van der Waals surface area contributed by atoms with E-state index in [2.05, 4.69) is 28.8 Å². The van der Waals surface area contributed by atoms with E-state index in [0.29, 0.717) is 6.04 Å². The van der Waals surface area contributed by atoms with Crippen molar-refractivity contribution in [1.29, 1.82) is 0 Å². The van der Waals surface area contributed by atoms with Crippen molar-refractivity contribution < 1.29 is 0 Å². The molecule has 0 saturated heterocycles. The molecule has 0 fully saturated rings. The molecule has 0 radical (unpaired) electrons. The van der Waals surface area contributed by atoms with Crippen molar-refractivity contribution in [3.05, 3.63) is 11.1 Å². The van der Waals surface area contributed by atoms with Crippen LogP contribution in [-0.2, 0) is 0 Å². The highest BCUT2D eigenvalue weighted by atomic mass is 32.1. The van der Waals surface area contributed by atoms with Gasteiger partial charge >= 0.3 is 0 Å². The van der Waals surface area contributed by atoms with Gasteiger partial charge in [0.25, 0.3) is 0 Å². The van der Waals surface area contributed by atoms with E-state index >= 15 is 0 Å². The lowest BCUT2D eigenvalue weighted by Crippen LogP contribution is -2.19. The van der Waals surface area contributed by atoms with Crippen molar-refractivity contribution in [1.82, 2.24) is 14.9 Å². The Labute approximate surface area is 135 Å². The monoisotopic (exact) mass is 311 g/mol. The Balaban J connectivity index is 1.97. The Morgan fingerprint density at radius 2 is 1.57 bits per heavy atom. The Hall–Kier alpha value is -0.480. The molecule has 4 heteroatoms. The second-order valence-electron chi connectivity index (χ2n) is 5.90. The summed E-state index contributed by atoms with van der Waals surface area (Å²) in [4.78, 5) is 1.28. The average molecular weight is 312 g/mol. The first-order valence-corrected chi connectivity index (χ1v) is 9.66. The van der Waals surface area contributed by atoms with Crippen molar-refractivity contribution in [2.24, 2.45) is 0 Å². The highest BCUT2D eigenvalue weighted by molar-refractivity contribution is 7.05. The molecule has 1 rings (SSSR count). The molecule has 0 amide bonds. The minimum atomic E-state index is 0.462. The van der Waals surface area contributed by atoms with E-state index in [9.17, 15) is 0 Å². The van der Waals surface area contributed by atoms with Crippen molar-refractivity contribution in [3.63, 3.8) is 0 Å². The number of hydrogen-bond acceptors (Lipinski definition) is 4. The molecule has 1 aromatic rings. The van der Waals surface area contributed by atoms with Gasteiger partial charge in [-0.2, -0.15) is 0 Å². The lowest BCUT2D eigenvalue weighted by molar-refractivity contribution is 0.478. The van der Waals surface area contributed by atoms with Gasteiger partial charge in [0.2, 0.25) is 0 Å². The first kappa shape index (κ1) is 18.6. The van der Waals surface area contributed by atoms with Crippen molar-refractivity contribution in [2.45, 2.75) is 90.5 Å². The van der Waals surface area contributed by atoms with Crippen molar-refractivity contribution in [3.8, 4) is 0 Å². The Morgan fingerprint density at radius 3 is 2.10 bits per heavy atom. The number of unbranched alkanes of at least 4 members (excludes halogenated alkanes) is 9. The highest BCUT2D eigenvalue weighted by Gasteiger charge is 2.11. The van der Waals surface area contributed by atoms with E-state index in [4.69, 9.17) is 0 Å². The van der Waals surface area contributed by atoms with Gasteiger partial charge in [-0.05, 0) is 24.5 Å². The maximum absolute atomic E-state index is 3.98. The van der Waals surface area contributed by atoms with Crippen LogP contribution in [0.25, 0.3) is 0 Å². The van der Waals surface area contributed by atoms with Crippen LogP contribution in [0.3, 0.4) is 0 Å². The molecule has 0 aliphatic rings. The predicted molar refractivity (Wildman–Crippen MR) is 92.8 cm³/mol. The number of nitrogens with one attached hydrogen (secondary N) is 1. The third-order valence-corrected chi connectivity index (χ3v) is 4.80. The van der Waals surface area contributed by atoms with Crippen LogP contribution in [0, 0.1) is 0 Å². The quantitative estimate of drug-likeness (QED) is 0.461. The fraction of sp³-hybridized carbons (Fsp3) is 0.882. The number of hydrogen-bond donors (Lipinski definition) is 1. The van der Waals surface area contributed by atoms with E-state index in [1.165, 1.54) is 87.0 Å². The standard InChI is InChI=1S/C17H33N3S/c1-3-5-6-7-8-9-10-11-12-13-14-16(18-4-2)17-15-19-20-21-17/h15-16,18H,3-14H2,1-2H3. The molecule has 1 unspecified atom stereocenters. The van der Waals surface area contributed by atoms with E-state index in [0.717, 1.165) is 6.54 Å². The highest BCUT2D eigenvalue weighted by Crippen LogP contribution is 2.22. The molecule has 1 aromatic heterocycles. The lowest BCUT2D eigenvalue weighted by Gasteiger charge is -2.15. The SMILES string of the molecule is CCCCCCCCCCCCC(NCC)c1cnns1. The summed E-state index contributed by atoms with van der Waals surface area (Å²) in [5.74, 6) is 0. The van der Waals surface area contributed by atoms with Crippen molar-refractivity contribution >= 4 is 11.5 Å². The summed E-state index contributed by atoms with van der Waals surface area (Å²) in [6.45, 7) is 5.46. The Morgan fingerprint density at radius 1 is 0.952 bits per heavy atom. The second-order valence-corrected chi connectivity index (χ2v) is 6.72. The second kappa shape index (κ2) is 13.2. The molecular weight excluding hydrogens is 278 g/mol. The zero-order chi connectivity index (χ0) is 15.2. The molecule has 3 nitrogen and oxygen atoms in total. The Bertz CT molecular complexity index is 314. The van der Waals surface area contributed by atoms with Crippen LogP contribution in [0.15, 0.2) is 6.20 Å². The van der Waals surface area contributed by atoms with Gasteiger partial charge in [-0.3, -0.25) is 0 Å². The largest absolute Gasteiger partial charge is 0.309 e. The van der Waals surface area contributed by atoms with Crippen LogP contribution in [0.4, 0.5) is 0 Å². The van der Waals surface area contributed by atoms with Gasteiger partial charge < -0.3 is 5.32 Å². The molecule has 122 valence electrons. The minimum Gasteiger partial charge on any atom is -0.309 e. The normalized spacial score (nSPS) is 12.7. The zero-order valence-electron chi connectivity index (χ0n) is 13.9. The molecular formula is C17H33N3S. The molecule has 0 aromatic carbocycles. The maximum Gasteiger partial charge on any atom is 0.0669 e. The molecule has 0 saturated carbocycles. The van der Waals surface area contributed by atoms with Gasteiger partial charge in [0, 0.05) is 6.04 Å². The number of nitrogens with zero attached hydrogens (tertiary/aromatic N) is 2. The summed E-state index contributed by atoms with van der Waals surface area (Å²) >= 11 is 1.53.